The Labute approximate surface area is 193 Å². The molecule has 1 atom stereocenters. The summed E-state index contributed by atoms with van der Waals surface area (Å²) in [7, 11) is 0. The first kappa shape index (κ1) is 29.7. The van der Waals surface area contributed by atoms with Gasteiger partial charge in [0.05, 0.1) is 0 Å². The van der Waals surface area contributed by atoms with Gasteiger partial charge in [-0.15, -0.1) is 0 Å². The molecule has 0 heterocycles. The third-order valence-corrected chi connectivity index (χ3v) is 6.74. The number of rotatable bonds is 25. The fourth-order valence-electron chi connectivity index (χ4n) is 4.56. The first-order valence-corrected chi connectivity index (χ1v) is 14.5. The van der Waals surface area contributed by atoms with Crippen LogP contribution in [-0.4, -0.2) is 0 Å². The molecule has 0 bridgehead atoms. The minimum atomic E-state index is 0.859. The van der Waals surface area contributed by atoms with Crippen LogP contribution < -0.4 is 0 Å². The Balaban J connectivity index is 3.36. The highest BCUT2D eigenvalue weighted by molar-refractivity contribution is 4.88. The van der Waals surface area contributed by atoms with Crippen molar-refractivity contribution in [3.63, 3.8) is 0 Å². The van der Waals surface area contributed by atoms with Crippen molar-refractivity contribution in [2.24, 2.45) is 5.92 Å². The molecule has 0 heteroatoms. The van der Waals surface area contributed by atoms with Gasteiger partial charge in [0.1, 0.15) is 0 Å². The molecule has 0 radical (unpaired) electrons. The molecule has 1 unspecified atom stereocenters. The molecule has 0 saturated carbocycles. The lowest BCUT2D eigenvalue weighted by Crippen LogP contribution is -1.96. The minimum Gasteiger partial charge on any atom is -0.0883 e. The molecule has 30 heavy (non-hydrogen) atoms. The summed E-state index contributed by atoms with van der Waals surface area (Å²) in [6.45, 7) is 6.94. The molecule has 0 aromatic rings. The molecule has 0 aromatic heterocycles. The monoisotopic (exact) mass is 420 g/mol. The standard InChI is InChI=1S/C30H60/c1-4-7-10-11-12-13-14-15-16-17-18-19-20-21-22-23-24-26-29-30(27-9-6-3)28-25-8-5-2/h26,29-30H,4-25,27-28H2,1-3H3. The fraction of sp³-hybridized carbons (Fsp3) is 0.933. The molecular formula is C30H60. The van der Waals surface area contributed by atoms with E-state index in [9.17, 15) is 0 Å². The van der Waals surface area contributed by atoms with Crippen LogP contribution in [0.2, 0.25) is 0 Å². The smallest absolute Gasteiger partial charge is 0.0234 e. The Kier molecular flexibility index (Phi) is 26.5. The van der Waals surface area contributed by atoms with E-state index in [0.717, 1.165) is 5.92 Å². The van der Waals surface area contributed by atoms with Crippen molar-refractivity contribution in [1.29, 1.82) is 0 Å². The van der Waals surface area contributed by atoms with E-state index in [1.54, 1.807) is 0 Å². The first-order chi connectivity index (χ1) is 14.8. The minimum absolute atomic E-state index is 0.859. The van der Waals surface area contributed by atoms with E-state index in [2.05, 4.69) is 32.9 Å². The van der Waals surface area contributed by atoms with Gasteiger partial charge < -0.3 is 0 Å². The van der Waals surface area contributed by atoms with E-state index in [-0.39, 0.29) is 0 Å². The third kappa shape index (κ3) is 24.0. The molecule has 0 aromatic carbocycles. The molecule has 0 fully saturated rings. The van der Waals surface area contributed by atoms with Crippen molar-refractivity contribution in [2.45, 2.75) is 175 Å². The second-order valence-electron chi connectivity index (χ2n) is 9.92. The van der Waals surface area contributed by atoms with E-state index in [4.69, 9.17) is 0 Å². The molecule has 0 N–H and O–H groups in total. The largest absolute Gasteiger partial charge is 0.0883 e. The highest BCUT2D eigenvalue weighted by atomic mass is 14.1. The molecule has 0 aliphatic carbocycles. The summed E-state index contributed by atoms with van der Waals surface area (Å²) >= 11 is 0. The Hall–Kier alpha value is -0.260. The van der Waals surface area contributed by atoms with Crippen LogP contribution >= 0.6 is 0 Å². The highest BCUT2D eigenvalue weighted by Gasteiger charge is 2.03. The molecule has 180 valence electrons. The van der Waals surface area contributed by atoms with Gasteiger partial charge in [-0.1, -0.05) is 161 Å². The topological polar surface area (TPSA) is 0 Å². The summed E-state index contributed by atoms with van der Waals surface area (Å²) in [6.07, 6.45) is 39.5. The van der Waals surface area contributed by atoms with Gasteiger partial charge in [-0.2, -0.15) is 0 Å². The van der Waals surface area contributed by atoms with Crippen LogP contribution in [0.3, 0.4) is 0 Å². The van der Waals surface area contributed by atoms with Gasteiger partial charge in [0.25, 0.3) is 0 Å². The zero-order chi connectivity index (χ0) is 22.0. The van der Waals surface area contributed by atoms with E-state index < -0.39 is 0 Å². The normalized spacial score (nSPS) is 12.8. The summed E-state index contributed by atoms with van der Waals surface area (Å²) < 4.78 is 0. The number of unbranched alkanes of at least 4 members (excludes halogenated alkanes) is 19. The maximum Gasteiger partial charge on any atom is -0.0234 e. The fourth-order valence-corrected chi connectivity index (χ4v) is 4.56. The lowest BCUT2D eigenvalue weighted by molar-refractivity contribution is 0.487. The van der Waals surface area contributed by atoms with Crippen LogP contribution in [0.4, 0.5) is 0 Å². The van der Waals surface area contributed by atoms with Crippen LogP contribution in [0.1, 0.15) is 175 Å². The van der Waals surface area contributed by atoms with Crippen LogP contribution in [0.25, 0.3) is 0 Å². The first-order valence-electron chi connectivity index (χ1n) is 14.5. The number of hydrogen-bond donors (Lipinski definition) is 0. The van der Waals surface area contributed by atoms with E-state index in [1.807, 2.05) is 0 Å². The van der Waals surface area contributed by atoms with Gasteiger partial charge >= 0.3 is 0 Å². The van der Waals surface area contributed by atoms with Crippen molar-refractivity contribution in [3.8, 4) is 0 Å². The van der Waals surface area contributed by atoms with Crippen molar-refractivity contribution in [1.82, 2.24) is 0 Å². The van der Waals surface area contributed by atoms with Crippen molar-refractivity contribution in [2.75, 3.05) is 0 Å². The quantitative estimate of drug-likeness (QED) is 0.102. The number of allylic oxidation sites excluding steroid dienone is 2. The maximum absolute atomic E-state index is 2.57. The predicted molar refractivity (Wildman–Crippen MR) is 140 cm³/mol. The summed E-state index contributed by atoms with van der Waals surface area (Å²) in [5.41, 5.74) is 0. The predicted octanol–water partition coefficient (Wildman–Crippen LogP) is 11.6. The summed E-state index contributed by atoms with van der Waals surface area (Å²) in [6, 6.07) is 0. The zero-order valence-electron chi connectivity index (χ0n) is 21.7. The van der Waals surface area contributed by atoms with Gasteiger partial charge in [-0.25, -0.2) is 0 Å². The Morgan fingerprint density at radius 1 is 0.400 bits per heavy atom. The molecule has 0 amide bonds. The SMILES string of the molecule is CCCCCCCCCCCCCCCCCCC=CC(CCCC)CCCCC. The lowest BCUT2D eigenvalue weighted by Gasteiger charge is -2.11. The van der Waals surface area contributed by atoms with Crippen LogP contribution in [-0.2, 0) is 0 Å². The Morgan fingerprint density at radius 3 is 1.23 bits per heavy atom. The lowest BCUT2D eigenvalue weighted by atomic mass is 9.94. The van der Waals surface area contributed by atoms with Gasteiger partial charge in [0.15, 0.2) is 0 Å². The van der Waals surface area contributed by atoms with Gasteiger partial charge in [-0.05, 0) is 31.6 Å². The molecule has 0 aliphatic rings. The Morgan fingerprint density at radius 2 is 0.767 bits per heavy atom. The van der Waals surface area contributed by atoms with Crippen molar-refractivity contribution >= 4 is 0 Å². The van der Waals surface area contributed by atoms with Crippen LogP contribution in [0.5, 0.6) is 0 Å². The van der Waals surface area contributed by atoms with Gasteiger partial charge in [0, 0.05) is 0 Å². The van der Waals surface area contributed by atoms with Gasteiger partial charge in [0.2, 0.25) is 0 Å². The molecule has 0 spiro atoms. The van der Waals surface area contributed by atoms with Gasteiger partial charge in [-0.3, -0.25) is 0 Å². The number of hydrogen-bond acceptors (Lipinski definition) is 0. The average molecular weight is 421 g/mol. The van der Waals surface area contributed by atoms with Crippen LogP contribution in [0.15, 0.2) is 12.2 Å². The molecule has 0 rings (SSSR count). The molecule has 0 saturated heterocycles. The second-order valence-corrected chi connectivity index (χ2v) is 9.92. The summed E-state index contributed by atoms with van der Waals surface area (Å²) in [5, 5.41) is 0. The second kappa shape index (κ2) is 26.8. The Bertz CT molecular complexity index is 316. The maximum atomic E-state index is 2.57. The van der Waals surface area contributed by atoms with Crippen molar-refractivity contribution < 1.29 is 0 Å². The summed E-state index contributed by atoms with van der Waals surface area (Å²) in [4.78, 5) is 0. The highest BCUT2D eigenvalue weighted by Crippen LogP contribution is 2.19. The summed E-state index contributed by atoms with van der Waals surface area (Å²) in [5.74, 6) is 0.859. The third-order valence-electron chi connectivity index (χ3n) is 6.74. The average Bonchev–Trinajstić information content (AvgIpc) is 2.76. The van der Waals surface area contributed by atoms with E-state index in [1.165, 1.54) is 154 Å². The molecule has 0 aliphatic heterocycles. The van der Waals surface area contributed by atoms with E-state index in [0.29, 0.717) is 0 Å². The molecular weight excluding hydrogens is 360 g/mol. The zero-order valence-corrected chi connectivity index (χ0v) is 21.7. The molecule has 0 nitrogen and oxygen atoms in total. The van der Waals surface area contributed by atoms with Crippen LogP contribution in [0, 0.1) is 5.92 Å². The van der Waals surface area contributed by atoms with Crippen molar-refractivity contribution in [3.05, 3.63) is 12.2 Å². The van der Waals surface area contributed by atoms with E-state index >= 15 is 0 Å².